The van der Waals surface area contributed by atoms with Crippen LogP contribution in [0.15, 0.2) is 84.9 Å². The molecule has 4 rings (SSSR count). The van der Waals surface area contributed by atoms with Crippen LogP contribution in [-0.2, 0) is 4.57 Å². The molecule has 3 aromatic rings. The van der Waals surface area contributed by atoms with Gasteiger partial charge in [0, 0.05) is 16.7 Å². The molecule has 3 aromatic carbocycles. The molecule has 0 heterocycles. The number of para-hydroxylation sites is 1. The summed E-state index contributed by atoms with van der Waals surface area (Å²) in [6, 6.07) is 24.8. The average Bonchev–Trinajstić information content (AvgIpc) is 2.93. The van der Waals surface area contributed by atoms with E-state index in [4.69, 9.17) is 4.74 Å². The lowest BCUT2D eigenvalue weighted by molar-refractivity contribution is 0.0643. The number of methoxy groups -OCH3 is 1. The van der Waals surface area contributed by atoms with Crippen LogP contribution in [-0.4, -0.2) is 30.1 Å². The molecule has 1 aliphatic carbocycles. The Morgan fingerprint density at radius 3 is 2.03 bits per heavy atom. The third-order valence-corrected chi connectivity index (χ3v) is 9.67. The van der Waals surface area contributed by atoms with Gasteiger partial charge in [0.1, 0.15) is 11.9 Å². The van der Waals surface area contributed by atoms with Crippen molar-refractivity contribution >= 4 is 23.7 Å². The second-order valence-electron chi connectivity index (χ2n) is 9.27. The number of hydrogen-bond donors (Lipinski definition) is 2. The van der Waals surface area contributed by atoms with Crippen LogP contribution in [0, 0.1) is 5.92 Å². The van der Waals surface area contributed by atoms with E-state index in [0.717, 1.165) is 25.7 Å². The molecule has 1 aliphatic rings. The minimum absolute atomic E-state index is 0.326. The Hall–Kier alpha value is -2.72. The SMILES string of the molecule is COc1ccccc1C(=O)[C@@H](O)[C@H](CC1CCCCC1)NP(=O)(c1ccccc1)c1ccccc1. The first-order chi connectivity index (χ1) is 17.0. The zero-order valence-electron chi connectivity index (χ0n) is 20.2. The van der Waals surface area contributed by atoms with E-state index in [1.807, 2.05) is 60.7 Å². The molecule has 0 unspecified atom stereocenters. The first-order valence-electron chi connectivity index (χ1n) is 12.4. The molecule has 1 fully saturated rings. The van der Waals surface area contributed by atoms with Gasteiger partial charge in [-0.2, -0.15) is 0 Å². The van der Waals surface area contributed by atoms with E-state index in [1.165, 1.54) is 13.5 Å². The topological polar surface area (TPSA) is 75.6 Å². The molecule has 6 heteroatoms. The summed E-state index contributed by atoms with van der Waals surface area (Å²) in [4.78, 5) is 13.5. The molecule has 0 spiro atoms. The predicted molar refractivity (Wildman–Crippen MR) is 141 cm³/mol. The van der Waals surface area contributed by atoms with Gasteiger partial charge in [-0.1, -0.05) is 80.6 Å². The molecule has 0 radical (unpaired) electrons. The number of aliphatic hydroxyl groups is 1. The number of hydrogen-bond acceptors (Lipinski definition) is 4. The van der Waals surface area contributed by atoms with Crippen molar-refractivity contribution in [3.05, 3.63) is 90.5 Å². The highest BCUT2D eigenvalue weighted by Gasteiger charge is 2.37. The van der Waals surface area contributed by atoms with Crippen LogP contribution in [0.3, 0.4) is 0 Å². The molecular formula is C29H34NO4P. The average molecular weight is 492 g/mol. The first kappa shape index (κ1) is 25.4. The molecule has 0 aliphatic heterocycles. The Balaban J connectivity index is 1.72. The highest BCUT2D eigenvalue weighted by atomic mass is 31.2. The minimum atomic E-state index is -3.35. The summed E-state index contributed by atoms with van der Waals surface area (Å²) >= 11 is 0. The third kappa shape index (κ3) is 5.92. The second-order valence-corrected chi connectivity index (χ2v) is 11.8. The maximum absolute atomic E-state index is 14.7. The van der Waals surface area contributed by atoms with Crippen molar-refractivity contribution in [3.8, 4) is 5.75 Å². The van der Waals surface area contributed by atoms with Crippen molar-refractivity contribution in [1.82, 2.24) is 5.09 Å². The maximum atomic E-state index is 14.7. The lowest BCUT2D eigenvalue weighted by Crippen LogP contribution is -2.47. The van der Waals surface area contributed by atoms with Crippen LogP contribution in [0.25, 0.3) is 0 Å². The van der Waals surface area contributed by atoms with Gasteiger partial charge in [0.25, 0.3) is 0 Å². The number of ketones is 1. The number of benzene rings is 3. The summed E-state index contributed by atoms with van der Waals surface area (Å²) in [5, 5.41) is 16.1. The van der Waals surface area contributed by atoms with Gasteiger partial charge in [0.05, 0.1) is 12.7 Å². The maximum Gasteiger partial charge on any atom is 0.204 e. The fourth-order valence-electron chi connectivity index (χ4n) is 5.03. The predicted octanol–water partition coefficient (Wildman–Crippen LogP) is 5.10. The van der Waals surface area contributed by atoms with Gasteiger partial charge in [-0.25, -0.2) is 0 Å². The second kappa shape index (κ2) is 11.8. The molecule has 0 saturated heterocycles. The number of aliphatic hydroxyl groups excluding tert-OH is 1. The summed E-state index contributed by atoms with van der Waals surface area (Å²) < 4.78 is 20.1. The van der Waals surface area contributed by atoms with Crippen LogP contribution in [0.4, 0.5) is 0 Å². The van der Waals surface area contributed by atoms with E-state index >= 15 is 0 Å². The Kier molecular flexibility index (Phi) is 8.56. The van der Waals surface area contributed by atoms with E-state index in [1.54, 1.807) is 24.3 Å². The number of carbonyl (C=O) groups excluding carboxylic acids is 1. The van der Waals surface area contributed by atoms with Crippen LogP contribution in [0.2, 0.25) is 0 Å². The first-order valence-corrected chi connectivity index (χ1v) is 14.1. The molecule has 2 atom stereocenters. The highest BCUT2D eigenvalue weighted by Crippen LogP contribution is 2.41. The van der Waals surface area contributed by atoms with Crippen molar-refractivity contribution in [2.45, 2.75) is 50.7 Å². The molecule has 184 valence electrons. The molecule has 1 saturated carbocycles. The minimum Gasteiger partial charge on any atom is -0.496 e. The van der Waals surface area contributed by atoms with Crippen LogP contribution < -0.4 is 20.4 Å². The number of ether oxygens (including phenoxy) is 1. The van der Waals surface area contributed by atoms with Crippen molar-refractivity contribution < 1.29 is 19.2 Å². The van der Waals surface area contributed by atoms with Gasteiger partial charge in [-0.05, 0) is 48.7 Å². The molecule has 0 amide bonds. The highest BCUT2D eigenvalue weighted by molar-refractivity contribution is 7.76. The van der Waals surface area contributed by atoms with Crippen molar-refractivity contribution in [3.63, 3.8) is 0 Å². The molecular weight excluding hydrogens is 457 g/mol. The number of nitrogens with one attached hydrogen (secondary N) is 1. The van der Waals surface area contributed by atoms with Crippen LogP contribution in [0.5, 0.6) is 5.75 Å². The smallest absolute Gasteiger partial charge is 0.204 e. The summed E-state index contributed by atoms with van der Waals surface area (Å²) in [6.07, 6.45) is 4.80. The molecule has 35 heavy (non-hydrogen) atoms. The Bertz CT molecular complexity index is 1100. The van der Waals surface area contributed by atoms with Gasteiger partial charge in [-0.3, -0.25) is 14.4 Å². The lowest BCUT2D eigenvalue weighted by atomic mass is 9.83. The van der Waals surface area contributed by atoms with E-state index < -0.39 is 25.2 Å². The summed E-state index contributed by atoms with van der Waals surface area (Å²) in [6.45, 7) is 0. The largest absolute Gasteiger partial charge is 0.496 e. The fourth-order valence-corrected chi connectivity index (χ4v) is 7.53. The third-order valence-electron chi connectivity index (χ3n) is 6.92. The standard InChI is InChI=1S/C29H34NO4P/c1-34-27-20-12-11-19-25(27)28(31)29(32)26(21-22-13-5-2-6-14-22)30-35(33,23-15-7-3-8-16-23)24-17-9-4-10-18-24/h3-4,7-12,15-20,22,26,29,32H,2,5-6,13-14,21H2,1H3,(H,30,33)/t26-,29-/m0/s1. The summed E-state index contributed by atoms with van der Waals surface area (Å²) in [5.74, 6) is 0.354. The van der Waals surface area contributed by atoms with E-state index in [2.05, 4.69) is 5.09 Å². The molecule has 0 bridgehead atoms. The van der Waals surface area contributed by atoms with Gasteiger partial charge >= 0.3 is 0 Å². The van der Waals surface area contributed by atoms with E-state index in [9.17, 15) is 14.5 Å². The normalized spacial score (nSPS) is 16.4. The number of rotatable bonds is 10. The fraction of sp³-hybridized carbons (Fsp3) is 0.345. The van der Waals surface area contributed by atoms with Crippen molar-refractivity contribution in [2.24, 2.45) is 5.92 Å². The monoisotopic (exact) mass is 491 g/mol. The van der Waals surface area contributed by atoms with Gasteiger partial charge < -0.3 is 9.84 Å². The molecule has 0 aromatic heterocycles. The van der Waals surface area contributed by atoms with Crippen LogP contribution >= 0.6 is 7.29 Å². The Morgan fingerprint density at radius 2 is 1.46 bits per heavy atom. The Morgan fingerprint density at radius 1 is 0.914 bits per heavy atom. The zero-order chi connectivity index (χ0) is 24.7. The number of Topliss-reactive ketones (excluding diaryl/α,β-unsaturated/α-hetero) is 1. The van der Waals surface area contributed by atoms with Gasteiger partial charge in [0.15, 0.2) is 5.78 Å². The quantitative estimate of drug-likeness (QED) is 0.305. The zero-order valence-corrected chi connectivity index (χ0v) is 21.1. The van der Waals surface area contributed by atoms with E-state index in [-0.39, 0.29) is 0 Å². The van der Waals surface area contributed by atoms with Gasteiger partial charge in [-0.15, -0.1) is 0 Å². The van der Waals surface area contributed by atoms with Gasteiger partial charge in [0.2, 0.25) is 7.29 Å². The van der Waals surface area contributed by atoms with Crippen molar-refractivity contribution in [2.75, 3.05) is 7.11 Å². The van der Waals surface area contributed by atoms with Crippen molar-refractivity contribution in [1.29, 1.82) is 0 Å². The molecule has 2 N–H and O–H groups in total. The molecule has 5 nitrogen and oxygen atoms in total. The number of carbonyl (C=O) groups is 1. The van der Waals surface area contributed by atoms with E-state index in [0.29, 0.717) is 34.3 Å². The Labute approximate surface area is 208 Å². The summed E-state index contributed by atoms with van der Waals surface area (Å²) in [7, 11) is -1.84. The lowest BCUT2D eigenvalue weighted by Gasteiger charge is -2.33. The van der Waals surface area contributed by atoms with Crippen LogP contribution in [0.1, 0.15) is 48.9 Å². The summed E-state index contributed by atoms with van der Waals surface area (Å²) in [5.41, 5.74) is 0.326.